The minimum absolute atomic E-state index is 0.0794. The van der Waals surface area contributed by atoms with Crippen LogP contribution in [0.5, 0.6) is 0 Å². The fourth-order valence-electron chi connectivity index (χ4n) is 2.68. The van der Waals surface area contributed by atoms with E-state index in [1.54, 1.807) is 47.0 Å². The molecular weight excluding hydrogens is 434 g/mol. The molecule has 3 heterocycles. The summed E-state index contributed by atoms with van der Waals surface area (Å²) in [5, 5.41) is 17.1. The molecule has 0 saturated heterocycles. The van der Waals surface area contributed by atoms with E-state index in [2.05, 4.69) is 5.32 Å². The molecule has 0 bridgehead atoms. The second-order valence-corrected chi connectivity index (χ2v) is 9.11. The minimum atomic E-state index is -1.09. The van der Waals surface area contributed by atoms with Gasteiger partial charge in [0.05, 0.1) is 4.88 Å². The van der Waals surface area contributed by atoms with E-state index >= 15 is 0 Å². The number of carboxylic acid groups (broad SMARTS) is 1. The highest BCUT2D eigenvalue weighted by molar-refractivity contribution is 7.22. The molecule has 28 heavy (non-hydrogen) atoms. The standard InChI is InChI=1S/C20H12ClNO3S3/c21-12-5-3-11(4-6-12)13-10-27-19(17(13)20(24)25)22-18(23)16-8-7-15(28-16)14-2-1-9-26-14/h1-10H,(H,22,23)(H,24,25). The van der Waals surface area contributed by atoms with Gasteiger partial charge in [0.1, 0.15) is 10.6 Å². The number of carbonyl (C=O) groups excluding carboxylic acids is 1. The van der Waals surface area contributed by atoms with E-state index in [1.165, 1.54) is 22.7 Å². The number of hydrogen-bond acceptors (Lipinski definition) is 5. The number of aromatic carboxylic acids is 1. The van der Waals surface area contributed by atoms with Crippen LogP contribution in [0.1, 0.15) is 20.0 Å². The Morgan fingerprint density at radius 1 is 0.964 bits per heavy atom. The summed E-state index contributed by atoms with van der Waals surface area (Å²) in [4.78, 5) is 27.1. The molecule has 0 radical (unpaired) electrons. The van der Waals surface area contributed by atoms with Crippen LogP contribution in [0.2, 0.25) is 5.02 Å². The lowest BCUT2D eigenvalue weighted by molar-refractivity contribution is 0.0699. The second kappa shape index (κ2) is 7.89. The summed E-state index contributed by atoms with van der Waals surface area (Å²) in [7, 11) is 0. The molecule has 4 aromatic rings. The maximum Gasteiger partial charge on any atom is 0.339 e. The van der Waals surface area contributed by atoms with Crippen molar-refractivity contribution in [3.63, 3.8) is 0 Å². The van der Waals surface area contributed by atoms with Crippen LogP contribution in [0.4, 0.5) is 5.00 Å². The van der Waals surface area contributed by atoms with E-state index < -0.39 is 5.97 Å². The molecule has 2 N–H and O–H groups in total. The van der Waals surface area contributed by atoms with Gasteiger partial charge < -0.3 is 10.4 Å². The third-order valence-electron chi connectivity index (χ3n) is 3.98. The Balaban J connectivity index is 1.62. The third kappa shape index (κ3) is 3.74. The molecule has 0 saturated carbocycles. The van der Waals surface area contributed by atoms with Crippen LogP contribution in [-0.4, -0.2) is 17.0 Å². The van der Waals surface area contributed by atoms with Gasteiger partial charge in [-0.1, -0.05) is 29.8 Å². The van der Waals surface area contributed by atoms with Gasteiger partial charge in [0.15, 0.2) is 0 Å². The quantitative estimate of drug-likeness (QED) is 0.354. The van der Waals surface area contributed by atoms with Crippen molar-refractivity contribution in [3.8, 4) is 20.9 Å². The normalized spacial score (nSPS) is 10.8. The predicted molar refractivity (Wildman–Crippen MR) is 117 cm³/mol. The Morgan fingerprint density at radius 2 is 1.75 bits per heavy atom. The first-order valence-corrected chi connectivity index (χ1v) is 11.0. The summed E-state index contributed by atoms with van der Waals surface area (Å²) in [5.74, 6) is -1.41. The van der Waals surface area contributed by atoms with Crippen LogP contribution in [0, 0.1) is 0 Å². The van der Waals surface area contributed by atoms with Gasteiger partial charge in [-0.25, -0.2) is 4.79 Å². The van der Waals surface area contributed by atoms with Crippen LogP contribution in [-0.2, 0) is 0 Å². The van der Waals surface area contributed by atoms with Crippen molar-refractivity contribution in [1.29, 1.82) is 0 Å². The SMILES string of the molecule is O=C(Nc1scc(-c2ccc(Cl)cc2)c1C(=O)O)c1ccc(-c2cccs2)s1. The molecule has 0 aliphatic carbocycles. The summed E-state index contributed by atoms with van der Waals surface area (Å²) in [6.45, 7) is 0. The topological polar surface area (TPSA) is 66.4 Å². The third-order valence-corrected chi connectivity index (χ3v) is 7.28. The van der Waals surface area contributed by atoms with E-state index in [9.17, 15) is 14.7 Å². The van der Waals surface area contributed by atoms with Crippen molar-refractivity contribution in [1.82, 2.24) is 0 Å². The monoisotopic (exact) mass is 445 g/mol. The summed E-state index contributed by atoms with van der Waals surface area (Å²) >= 11 is 10.1. The van der Waals surface area contributed by atoms with Crippen molar-refractivity contribution in [3.05, 3.63) is 74.8 Å². The fraction of sp³-hybridized carbons (Fsp3) is 0. The van der Waals surface area contributed by atoms with Crippen molar-refractivity contribution in [2.45, 2.75) is 0 Å². The largest absolute Gasteiger partial charge is 0.478 e. The van der Waals surface area contributed by atoms with Gasteiger partial charge in [0, 0.05) is 25.7 Å². The van der Waals surface area contributed by atoms with Crippen molar-refractivity contribution in [2.24, 2.45) is 0 Å². The number of amides is 1. The Labute approximate surface area is 177 Å². The number of anilines is 1. The Kier molecular flexibility index (Phi) is 5.32. The summed E-state index contributed by atoms with van der Waals surface area (Å²) in [6, 6.07) is 14.5. The van der Waals surface area contributed by atoms with E-state index in [-0.39, 0.29) is 11.5 Å². The van der Waals surface area contributed by atoms with Crippen LogP contribution in [0.15, 0.2) is 59.3 Å². The van der Waals surface area contributed by atoms with E-state index in [4.69, 9.17) is 11.6 Å². The Morgan fingerprint density at radius 3 is 2.43 bits per heavy atom. The summed E-state index contributed by atoms with van der Waals surface area (Å²) < 4.78 is 0. The lowest BCUT2D eigenvalue weighted by Crippen LogP contribution is -2.12. The van der Waals surface area contributed by atoms with Crippen molar-refractivity contribution < 1.29 is 14.7 Å². The maximum atomic E-state index is 12.7. The number of rotatable bonds is 5. The zero-order chi connectivity index (χ0) is 19.7. The number of hydrogen-bond donors (Lipinski definition) is 2. The number of halogens is 1. The summed E-state index contributed by atoms with van der Waals surface area (Å²) in [5.41, 5.74) is 1.36. The zero-order valence-corrected chi connectivity index (χ0v) is 17.3. The Hall–Kier alpha value is -2.45. The zero-order valence-electron chi connectivity index (χ0n) is 14.1. The number of thiophene rings is 3. The van der Waals surface area contributed by atoms with Crippen LogP contribution >= 0.6 is 45.6 Å². The first-order chi connectivity index (χ1) is 13.5. The average Bonchev–Trinajstić information content (AvgIpc) is 3.42. The number of nitrogens with one attached hydrogen (secondary N) is 1. The lowest BCUT2D eigenvalue weighted by Gasteiger charge is -2.05. The highest BCUT2D eigenvalue weighted by Gasteiger charge is 2.22. The molecule has 1 aromatic carbocycles. The van der Waals surface area contributed by atoms with E-state index in [0.717, 1.165) is 15.3 Å². The number of carboxylic acids is 1. The maximum absolute atomic E-state index is 12.7. The van der Waals surface area contributed by atoms with Gasteiger partial charge in [0.25, 0.3) is 5.91 Å². The number of carbonyl (C=O) groups is 2. The molecule has 0 spiro atoms. The molecule has 3 aromatic heterocycles. The van der Waals surface area contributed by atoms with Crippen LogP contribution in [0.25, 0.3) is 20.9 Å². The molecule has 4 rings (SSSR count). The summed E-state index contributed by atoms with van der Waals surface area (Å²) in [6.07, 6.45) is 0. The minimum Gasteiger partial charge on any atom is -0.478 e. The lowest BCUT2D eigenvalue weighted by atomic mass is 10.0. The molecule has 0 unspecified atom stereocenters. The molecule has 8 heteroatoms. The van der Waals surface area contributed by atoms with Gasteiger partial charge in [-0.3, -0.25) is 4.79 Å². The van der Waals surface area contributed by atoms with Gasteiger partial charge in [-0.15, -0.1) is 34.0 Å². The van der Waals surface area contributed by atoms with Gasteiger partial charge >= 0.3 is 5.97 Å². The molecule has 0 aliphatic heterocycles. The number of benzene rings is 1. The van der Waals surface area contributed by atoms with Gasteiger partial charge in [-0.2, -0.15) is 0 Å². The van der Waals surface area contributed by atoms with Crippen molar-refractivity contribution in [2.75, 3.05) is 5.32 Å². The van der Waals surface area contributed by atoms with Crippen molar-refractivity contribution >= 4 is 62.5 Å². The van der Waals surface area contributed by atoms with E-state index in [0.29, 0.717) is 20.5 Å². The highest BCUT2D eigenvalue weighted by Crippen LogP contribution is 2.37. The first-order valence-electron chi connectivity index (χ1n) is 8.08. The molecule has 0 fully saturated rings. The molecular formula is C20H12ClNO3S3. The molecule has 1 amide bonds. The van der Waals surface area contributed by atoms with Crippen LogP contribution in [0.3, 0.4) is 0 Å². The first kappa shape index (κ1) is 18.9. The van der Waals surface area contributed by atoms with E-state index in [1.807, 2.05) is 23.6 Å². The smallest absolute Gasteiger partial charge is 0.339 e. The molecule has 140 valence electrons. The Bertz CT molecular complexity index is 1140. The predicted octanol–water partition coefficient (Wildman–Crippen LogP) is 6.81. The average molecular weight is 446 g/mol. The van der Waals surface area contributed by atoms with Gasteiger partial charge in [-0.05, 0) is 41.3 Å². The fourth-order valence-corrected chi connectivity index (χ4v) is 5.50. The molecule has 4 nitrogen and oxygen atoms in total. The van der Waals surface area contributed by atoms with Crippen LogP contribution < -0.4 is 5.32 Å². The second-order valence-electron chi connectivity index (χ2n) is 5.76. The molecule has 0 atom stereocenters. The highest BCUT2D eigenvalue weighted by atomic mass is 35.5. The molecule has 0 aliphatic rings. The van der Waals surface area contributed by atoms with Gasteiger partial charge in [0.2, 0.25) is 0 Å².